The van der Waals surface area contributed by atoms with Crippen molar-refractivity contribution in [1.29, 1.82) is 0 Å². The third-order valence-electron chi connectivity index (χ3n) is 4.28. The first kappa shape index (κ1) is 18.3. The van der Waals surface area contributed by atoms with Crippen LogP contribution in [0.15, 0.2) is 29.1 Å². The quantitative estimate of drug-likeness (QED) is 0.626. The van der Waals surface area contributed by atoms with E-state index in [1.54, 1.807) is 18.3 Å². The average molecular weight is 370 g/mol. The van der Waals surface area contributed by atoms with Crippen LogP contribution in [0.3, 0.4) is 0 Å². The minimum absolute atomic E-state index is 0.0132. The van der Waals surface area contributed by atoms with Crippen LogP contribution in [0.4, 0.5) is 0 Å². The van der Waals surface area contributed by atoms with Crippen molar-refractivity contribution >= 4 is 27.5 Å². The maximum Gasteiger partial charge on any atom is 0.345 e. The Balaban J connectivity index is 1.42. The van der Waals surface area contributed by atoms with Crippen molar-refractivity contribution < 1.29 is 4.79 Å². The average Bonchev–Trinajstić information content (AvgIpc) is 3.00. The molecule has 0 bridgehead atoms. The molecule has 0 saturated heterocycles. The van der Waals surface area contributed by atoms with Gasteiger partial charge in [-0.1, -0.05) is 12.1 Å². The Morgan fingerprint density at radius 3 is 2.77 bits per heavy atom. The fraction of sp³-hybridized carbons (Fsp3) is 0.368. The van der Waals surface area contributed by atoms with Gasteiger partial charge in [0.15, 0.2) is 0 Å². The topological polar surface area (TPSA) is 87.7 Å². The van der Waals surface area contributed by atoms with Crippen molar-refractivity contribution in [2.24, 2.45) is 0 Å². The number of hydrogen-bond acceptors (Lipinski definition) is 5. The van der Waals surface area contributed by atoms with E-state index in [1.807, 2.05) is 25.1 Å². The number of nitrogens with one attached hydrogen (secondary N) is 2. The van der Waals surface area contributed by atoms with Gasteiger partial charge in [0.2, 0.25) is 5.91 Å². The van der Waals surface area contributed by atoms with E-state index in [0.29, 0.717) is 25.1 Å². The molecule has 0 aliphatic carbocycles. The molecule has 2 aromatic heterocycles. The minimum Gasteiger partial charge on any atom is -0.356 e. The number of H-pyrrole nitrogens is 1. The SMILES string of the molecule is Cc1nc(=O)[nH]c(C)c1CCC(=O)NCCCc1nc2ccccc2s1. The zero-order valence-electron chi connectivity index (χ0n) is 15.0. The fourth-order valence-corrected chi connectivity index (χ4v) is 3.95. The first-order valence-corrected chi connectivity index (χ1v) is 9.52. The van der Waals surface area contributed by atoms with E-state index in [4.69, 9.17) is 0 Å². The van der Waals surface area contributed by atoms with Crippen LogP contribution in [0.25, 0.3) is 10.2 Å². The van der Waals surface area contributed by atoms with Crippen molar-refractivity contribution in [1.82, 2.24) is 20.3 Å². The summed E-state index contributed by atoms with van der Waals surface area (Å²) in [4.78, 5) is 34.5. The van der Waals surface area contributed by atoms with Gasteiger partial charge in [0.1, 0.15) is 0 Å². The first-order chi connectivity index (χ1) is 12.5. The molecule has 0 saturated carbocycles. The van der Waals surface area contributed by atoms with Gasteiger partial charge in [-0.05, 0) is 44.4 Å². The molecule has 1 aromatic carbocycles. The van der Waals surface area contributed by atoms with E-state index < -0.39 is 0 Å². The lowest BCUT2D eigenvalue weighted by Crippen LogP contribution is -2.25. The number of fused-ring (bicyclic) bond motifs is 1. The third-order valence-corrected chi connectivity index (χ3v) is 5.38. The Morgan fingerprint density at radius 1 is 1.19 bits per heavy atom. The van der Waals surface area contributed by atoms with Gasteiger partial charge >= 0.3 is 5.69 Å². The molecule has 0 aliphatic heterocycles. The predicted octanol–water partition coefficient (Wildman–Crippen LogP) is 2.68. The monoisotopic (exact) mass is 370 g/mol. The number of amides is 1. The molecule has 3 rings (SSSR count). The van der Waals surface area contributed by atoms with Gasteiger partial charge < -0.3 is 10.3 Å². The van der Waals surface area contributed by atoms with E-state index in [9.17, 15) is 9.59 Å². The second kappa shape index (κ2) is 8.23. The Kier molecular flexibility index (Phi) is 5.78. The van der Waals surface area contributed by atoms with Crippen molar-refractivity contribution in [2.45, 2.75) is 39.5 Å². The van der Waals surface area contributed by atoms with Crippen molar-refractivity contribution in [3.8, 4) is 0 Å². The molecule has 6 nitrogen and oxygen atoms in total. The van der Waals surface area contributed by atoms with Gasteiger partial charge in [-0.3, -0.25) is 4.79 Å². The molecule has 0 fully saturated rings. The van der Waals surface area contributed by atoms with Crippen molar-refractivity contribution in [2.75, 3.05) is 6.54 Å². The molecule has 0 spiro atoms. The summed E-state index contributed by atoms with van der Waals surface area (Å²) >= 11 is 1.71. The number of thiazole rings is 1. The number of aromatic nitrogens is 3. The zero-order chi connectivity index (χ0) is 18.5. The maximum atomic E-state index is 12.0. The van der Waals surface area contributed by atoms with Gasteiger partial charge in [-0.15, -0.1) is 11.3 Å². The van der Waals surface area contributed by atoms with Gasteiger partial charge in [-0.25, -0.2) is 9.78 Å². The lowest BCUT2D eigenvalue weighted by atomic mass is 10.1. The molecule has 2 N–H and O–H groups in total. The summed E-state index contributed by atoms with van der Waals surface area (Å²) in [5.74, 6) is 0.0132. The third kappa shape index (κ3) is 4.54. The maximum absolute atomic E-state index is 12.0. The van der Waals surface area contributed by atoms with E-state index in [2.05, 4.69) is 26.3 Å². The molecule has 0 unspecified atom stereocenters. The number of aromatic amines is 1. The zero-order valence-corrected chi connectivity index (χ0v) is 15.8. The molecule has 1 amide bonds. The van der Waals surface area contributed by atoms with Crippen LogP contribution in [0.1, 0.15) is 34.8 Å². The first-order valence-electron chi connectivity index (χ1n) is 8.70. The summed E-state index contributed by atoms with van der Waals surface area (Å²) in [6.45, 7) is 4.27. The number of benzene rings is 1. The number of rotatable bonds is 7. The number of nitrogens with zero attached hydrogens (tertiary/aromatic N) is 2. The van der Waals surface area contributed by atoms with Crippen LogP contribution >= 0.6 is 11.3 Å². The highest BCUT2D eigenvalue weighted by Crippen LogP contribution is 2.22. The van der Waals surface area contributed by atoms with Gasteiger partial charge in [0.05, 0.1) is 15.2 Å². The lowest BCUT2D eigenvalue weighted by Gasteiger charge is -2.08. The second-order valence-electron chi connectivity index (χ2n) is 6.26. The van der Waals surface area contributed by atoms with Crippen LogP contribution in [0, 0.1) is 13.8 Å². The largest absolute Gasteiger partial charge is 0.356 e. The molecular formula is C19H22N4O2S. The second-order valence-corrected chi connectivity index (χ2v) is 7.37. The summed E-state index contributed by atoms with van der Waals surface area (Å²) in [6, 6.07) is 8.11. The number of carbonyl (C=O) groups excluding carboxylic acids is 1. The van der Waals surface area contributed by atoms with Crippen LogP contribution in [0.5, 0.6) is 0 Å². The molecule has 7 heteroatoms. The number of para-hydroxylation sites is 1. The molecule has 136 valence electrons. The Labute approximate surface area is 155 Å². The standard InChI is InChI=1S/C19H22N4O2S/c1-12-14(13(2)22-19(25)21-12)9-10-17(24)20-11-5-8-18-23-15-6-3-4-7-16(15)26-18/h3-4,6-7H,5,8-11H2,1-2H3,(H,20,24)(H,21,22,25). The predicted molar refractivity (Wildman–Crippen MR) is 104 cm³/mol. The Hall–Kier alpha value is -2.54. The van der Waals surface area contributed by atoms with Crippen molar-refractivity contribution in [3.63, 3.8) is 0 Å². The van der Waals surface area contributed by atoms with Gasteiger partial charge in [0, 0.05) is 30.8 Å². The van der Waals surface area contributed by atoms with E-state index in [1.165, 1.54) is 4.70 Å². The summed E-state index contributed by atoms with van der Waals surface area (Å²) in [5.41, 5.74) is 3.11. The number of hydrogen-bond donors (Lipinski definition) is 2. The van der Waals surface area contributed by atoms with E-state index in [-0.39, 0.29) is 11.6 Å². The molecule has 2 heterocycles. The number of carbonyl (C=O) groups is 1. The summed E-state index contributed by atoms with van der Waals surface area (Å²) in [6.07, 6.45) is 2.69. The Bertz CT molecular complexity index is 918. The fourth-order valence-electron chi connectivity index (χ4n) is 2.94. The summed E-state index contributed by atoms with van der Waals surface area (Å²) < 4.78 is 1.20. The highest BCUT2D eigenvalue weighted by molar-refractivity contribution is 7.18. The van der Waals surface area contributed by atoms with Gasteiger partial charge in [0.25, 0.3) is 0 Å². The summed E-state index contributed by atoms with van der Waals surface area (Å²) in [7, 11) is 0. The van der Waals surface area contributed by atoms with E-state index in [0.717, 1.165) is 34.6 Å². The Morgan fingerprint density at radius 2 is 2.00 bits per heavy atom. The van der Waals surface area contributed by atoms with Crippen LogP contribution in [0.2, 0.25) is 0 Å². The molecule has 0 atom stereocenters. The smallest absolute Gasteiger partial charge is 0.345 e. The highest BCUT2D eigenvalue weighted by atomic mass is 32.1. The van der Waals surface area contributed by atoms with Crippen LogP contribution in [-0.2, 0) is 17.6 Å². The van der Waals surface area contributed by atoms with Crippen LogP contribution in [-0.4, -0.2) is 27.4 Å². The lowest BCUT2D eigenvalue weighted by molar-refractivity contribution is -0.121. The normalized spacial score (nSPS) is 11.0. The van der Waals surface area contributed by atoms with E-state index >= 15 is 0 Å². The molecular weight excluding hydrogens is 348 g/mol. The highest BCUT2D eigenvalue weighted by Gasteiger charge is 2.09. The minimum atomic E-state index is -0.344. The molecule has 0 aliphatic rings. The molecule has 0 radical (unpaired) electrons. The van der Waals surface area contributed by atoms with Crippen LogP contribution < -0.4 is 11.0 Å². The molecule has 3 aromatic rings. The number of aryl methyl sites for hydroxylation is 3. The summed E-state index contributed by atoms with van der Waals surface area (Å²) in [5, 5.41) is 4.06. The molecule has 26 heavy (non-hydrogen) atoms. The van der Waals surface area contributed by atoms with Gasteiger partial charge in [-0.2, -0.15) is 4.98 Å². The van der Waals surface area contributed by atoms with Crippen molar-refractivity contribution in [3.05, 3.63) is 56.7 Å².